The topological polar surface area (TPSA) is 32.8 Å². The Bertz CT molecular complexity index is 700. The highest BCUT2D eigenvalue weighted by Crippen LogP contribution is 2.24. The molecule has 3 rings (SSSR count). The van der Waals surface area contributed by atoms with E-state index in [4.69, 9.17) is 16.3 Å². The van der Waals surface area contributed by atoms with Gasteiger partial charge in [0.15, 0.2) is 6.10 Å². The maximum Gasteiger partial charge on any atom is 0.263 e. The first-order valence-electron chi connectivity index (χ1n) is 8.60. The lowest BCUT2D eigenvalue weighted by Gasteiger charge is -2.36. The van der Waals surface area contributed by atoms with Gasteiger partial charge in [-0.25, -0.2) is 0 Å². The fourth-order valence-electron chi connectivity index (χ4n) is 3.01. The molecule has 1 aliphatic rings. The van der Waals surface area contributed by atoms with Crippen LogP contribution in [0.1, 0.15) is 12.5 Å². The first kappa shape index (κ1) is 17.8. The summed E-state index contributed by atoms with van der Waals surface area (Å²) in [6.07, 6.45) is -0.541. The number of para-hydroxylation sites is 1. The molecule has 5 heteroatoms. The second kappa shape index (κ2) is 8.37. The van der Waals surface area contributed by atoms with Crippen molar-refractivity contribution in [3.63, 3.8) is 0 Å². The van der Waals surface area contributed by atoms with Crippen molar-refractivity contribution in [1.29, 1.82) is 0 Å². The minimum absolute atomic E-state index is 0.0132. The predicted octanol–water partition coefficient (Wildman–Crippen LogP) is 3.45. The molecule has 0 N–H and O–H groups in total. The number of carbonyl (C=O) groups is 1. The summed E-state index contributed by atoms with van der Waals surface area (Å²) < 4.78 is 5.75. The number of hydrogen-bond acceptors (Lipinski definition) is 3. The predicted molar refractivity (Wildman–Crippen MR) is 99.8 cm³/mol. The number of rotatable bonds is 5. The van der Waals surface area contributed by atoms with E-state index < -0.39 is 6.10 Å². The van der Waals surface area contributed by atoms with Crippen molar-refractivity contribution in [3.8, 4) is 5.75 Å². The Morgan fingerprint density at radius 3 is 2.36 bits per heavy atom. The van der Waals surface area contributed by atoms with Crippen LogP contribution in [0.3, 0.4) is 0 Å². The second-order valence-electron chi connectivity index (χ2n) is 6.28. The number of benzene rings is 2. The summed E-state index contributed by atoms with van der Waals surface area (Å²) >= 11 is 6.10. The lowest BCUT2D eigenvalue weighted by Crippen LogP contribution is -2.51. The molecule has 1 fully saturated rings. The molecule has 1 atom stereocenters. The molecule has 4 nitrogen and oxygen atoms in total. The SMILES string of the molecule is C[C@H](Oc1ccccc1Cl)C(=O)N1CCN(Cc2ccccc2)CC1. The number of ether oxygens (including phenoxy) is 1. The molecule has 1 heterocycles. The van der Waals surface area contributed by atoms with Gasteiger partial charge >= 0.3 is 0 Å². The molecule has 0 aliphatic carbocycles. The third-order valence-corrected chi connectivity index (χ3v) is 4.73. The Balaban J connectivity index is 1.50. The third-order valence-electron chi connectivity index (χ3n) is 4.42. The fourth-order valence-corrected chi connectivity index (χ4v) is 3.19. The van der Waals surface area contributed by atoms with E-state index in [1.165, 1.54) is 5.56 Å². The van der Waals surface area contributed by atoms with Gasteiger partial charge in [-0.05, 0) is 24.6 Å². The lowest BCUT2D eigenvalue weighted by atomic mass is 10.2. The largest absolute Gasteiger partial charge is 0.479 e. The van der Waals surface area contributed by atoms with Crippen LogP contribution in [0.5, 0.6) is 5.75 Å². The van der Waals surface area contributed by atoms with Crippen molar-refractivity contribution in [2.45, 2.75) is 19.6 Å². The van der Waals surface area contributed by atoms with Gasteiger partial charge in [-0.15, -0.1) is 0 Å². The number of nitrogens with zero attached hydrogens (tertiary/aromatic N) is 2. The second-order valence-corrected chi connectivity index (χ2v) is 6.68. The highest BCUT2D eigenvalue weighted by Gasteiger charge is 2.26. The van der Waals surface area contributed by atoms with Crippen LogP contribution in [0.15, 0.2) is 54.6 Å². The average molecular weight is 359 g/mol. The van der Waals surface area contributed by atoms with Crippen molar-refractivity contribution in [3.05, 3.63) is 65.2 Å². The van der Waals surface area contributed by atoms with Crippen molar-refractivity contribution < 1.29 is 9.53 Å². The number of amides is 1. The standard InChI is InChI=1S/C20H23ClN2O2/c1-16(25-19-10-6-5-9-18(19)21)20(24)23-13-11-22(12-14-23)15-17-7-3-2-4-8-17/h2-10,16H,11-15H2,1H3/t16-/m0/s1. The van der Waals surface area contributed by atoms with Crippen molar-refractivity contribution in [1.82, 2.24) is 9.80 Å². The van der Waals surface area contributed by atoms with Crippen LogP contribution >= 0.6 is 11.6 Å². The van der Waals surface area contributed by atoms with Gasteiger partial charge < -0.3 is 9.64 Å². The summed E-state index contributed by atoms with van der Waals surface area (Å²) in [5, 5.41) is 0.523. The molecule has 1 saturated heterocycles. The maximum absolute atomic E-state index is 12.6. The first-order valence-corrected chi connectivity index (χ1v) is 8.97. The van der Waals surface area contributed by atoms with E-state index in [0.29, 0.717) is 10.8 Å². The fraction of sp³-hybridized carbons (Fsp3) is 0.350. The monoisotopic (exact) mass is 358 g/mol. The van der Waals surface area contributed by atoms with Gasteiger partial charge in [-0.2, -0.15) is 0 Å². The highest BCUT2D eigenvalue weighted by molar-refractivity contribution is 6.32. The van der Waals surface area contributed by atoms with E-state index >= 15 is 0 Å². The molecule has 1 aliphatic heterocycles. The van der Waals surface area contributed by atoms with Gasteiger partial charge in [0.1, 0.15) is 5.75 Å². The molecule has 0 unspecified atom stereocenters. The van der Waals surface area contributed by atoms with Crippen LogP contribution < -0.4 is 4.74 Å². The third kappa shape index (κ3) is 4.74. The molecule has 2 aromatic carbocycles. The maximum atomic E-state index is 12.6. The first-order chi connectivity index (χ1) is 12.1. The van der Waals surface area contributed by atoms with Crippen molar-refractivity contribution >= 4 is 17.5 Å². The van der Waals surface area contributed by atoms with E-state index in [2.05, 4.69) is 29.2 Å². The van der Waals surface area contributed by atoms with E-state index in [1.54, 1.807) is 19.1 Å². The molecule has 0 aromatic heterocycles. The van der Waals surface area contributed by atoms with Crippen molar-refractivity contribution in [2.75, 3.05) is 26.2 Å². The summed E-state index contributed by atoms with van der Waals surface area (Å²) in [5.74, 6) is 0.562. The van der Waals surface area contributed by atoms with Crippen LogP contribution in [0.2, 0.25) is 5.02 Å². The number of carbonyl (C=O) groups excluding carboxylic acids is 1. The van der Waals surface area contributed by atoms with Crippen LogP contribution in [-0.2, 0) is 11.3 Å². The minimum atomic E-state index is -0.541. The van der Waals surface area contributed by atoms with Gasteiger partial charge in [-0.3, -0.25) is 9.69 Å². The van der Waals surface area contributed by atoms with Crippen LogP contribution in [0, 0.1) is 0 Å². The summed E-state index contributed by atoms with van der Waals surface area (Å²) in [4.78, 5) is 16.9. The van der Waals surface area contributed by atoms with Crippen molar-refractivity contribution in [2.24, 2.45) is 0 Å². The molecular weight excluding hydrogens is 336 g/mol. The summed E-state index contributed by atoms with van der Waals surface area (Å²) in [6, 6.07) is 17.6. The highest BCUT2D eigenvalue weighted by atomic mass is 35.5. The van der Waals surface area contributed by atoms with Gasteiger partial charge in [0, 0.05) is 32.7 Å². The van der Waals surface area contributed by atoms with Crippen LogP contribution in [0.4, 0.5) is 0 Å². The van der Waals surface area contributed by atoms with E-state index in [-0.39, 0.29) is 5.91 Å². The molecule has 2 aromatic rings. The molecule has 25 heavy (non-hydrogen) atoms. The lowest BCUT2D eigenvalue weighted by molar-refractivity contribution is -0.139. The van der Waals surface area contributed by atoms with Gasteiger partial charge in [-0.1, -0.05) is 54.1 Å². The summed E-state index contributed by atoms with van der Waals surface area (Å²) in [6.45, 7) is 5.90. The Kier molecular flexibility index (Phi) is 5.95. The number of piperazine rings is 1. The Morgan fingerprint density at radius 2 is 1.68 bits per heavy atom. The summed E-state index contributed by atoms with van der Waals surface area (Å²) in [5.41, 5.74) is 1.30. The minimum Gasteiger partial charge on any atom is -0.479 e. The number of halogens is 1. The quantitative estimate of drug-likeness (QED) is 0.820. The van der Waals surface area contributed by atoms with E-state index in [9.17, 15) is 4.79 Å². The van der Waals surface area contributed by atoms with Gasteiger partial charge in [0.2, 0.25) is 0 Å². The molecule has 0 bridgehead atoms. The zero-order valence-electron chi connectivity index (χ0n) is 14.4. The van der Waals surface area contributed by atoms with E-state index in [1.807, 2.05) is 23.1 Å². The molecular formula is C20H23ClN2O2. The van der Waals surface area contributed by atoms with Gasteiger partial charge in [0.05, 0.1) is 5.02 Å². The smallest absolute Gasteiger partial charge is 0.263 e. The molecule has 1 amide bonds. The Morgan fingerprint density at radius 1 is 1.04 bits per heavy atom. The Hall–Kier alpha value is -2.04. The average Bonchev–Trinajstić information content (AvgIpc) is 2.64. The molecule has 0 radical (unpaired) electrons. The molecule has 0 spiro atoms. The Labute approximate surface area is 154 Å². The van der Waals surface area contributed by atoms with Gasteiger partial charge in [0.25, 0.3) is 5.91 Å². The van der Waals surface area contributed by atoms with E-state index in [0.717, 1.165) is 32.7 Å². The van der Waals surface area contributed by atoms with Crippen LogP contribution in [0.25, 0.3) is 0 Å². The molecule has 132 valence electrons. The molecule has 0 saturated carbocycles. The normalized spacial score (nSPS) is 16.5. The zero-order valence-corrected chi connectivity index (χ0v) is 15.2. The number of hydrogen-bond donors (Lipinski definition) is 0. The summed E-state index contributed by atoms with van der Waals surface area (Å²) in [7, 11) is 0. The zero-order chi connectivity index (χ0) is 17.6. The van der Waals surface area contributed by atoms with Crippen LogP contribution in [-0.4, -0.2) is 48.0 Å².